The number of benzene rings is 5. The van der Waals surface area contributed by atoms with Crippen LogP contribution in [0.4, 0.5) is 0 Å². The molecule has 1 nitrogen and oxygen atoms in total. The molecule has 4 heteroatoms. The van der Waals surface area contributed by atoms with E-state index in [1.807, 2.05) is 0 Å². The fraction of sp³-hybridized carbons (Fsp3) is 0.185. The van der Waals surface area contributed by atoms with Crippen molar-refractivity contribution in [3.8, 4) is 0 Å². The van der Waals surface area contributed by atoms with Crippen LogP contribution in [0, 0.1) is 0 Å². The van der Waals surface area contributed by atoms with E-state index in [4.69, 9.17) is 4.43 Å². The predicted octanol–water partition coefficient (Wildman–Crippen LogP) is 6.59. The van der Waals surface area contributed by atoms with Gasteiger partial charge in [-0.3, -0.25) is 0 Å². The van der Waals surface area contributed by atoms with Gasteiger partial charge in [-0.05, 0) is 72.9 Å². The number of hydrogen-bond donors (Lipinski definition) is 0. The quantitative estimate of drug-likeness (QED) is 0.158. The van der Waals surface area contributed by atoms with E-state index in [1.54, 1.807) is 0 Å². The Hall–Kier alpha value is -2.25. The van der Waals surface area contributed by atoms with Gasteiger partial charge in [0.2, 0.25) is 0 Å². The first-order chi connectivity index (χ1) is 15.1. The van der Waals surface area contributed by atoms with Gasteiger partial charge in [0.1, 0.15) is 0 Å². The van der Waals surface area contributed by atoms with Crippen LogP contribution in [0.3, 0.4) is 0 Å². The summed E-state index contributed by atoms with van der Waals surface area (Å²) >= 11 is 0. The van der Waals surface area contributed by atoms with Crippen LogP contribution in [0.2, 0.25) is 25.7 Å². The molecule has 0 aromatic heterocycles. The molecular weight excluding hydrogens is 425 g/mol. The van der Waals surface area contributed by atoms with Gasteiger partial charge in [0.25, 0.3) is 0 Å². The second kappa shape index (κ2) is 7.41. The average Bonchev–Trinajstić information content (AvgIpc) is 2.79. The van der Waals surface area contributed by atoms with Gasteiger partial charge in [-0.15, -0.1) is 0 Å². The van der Waals surface area contributed by atoms with Crippen molar-refractivity contribution in [2.24, 2.45) is 0 Å². The third kappa shape index (κ3) is 3.12. The van der Waals surface area contributed by atoms with Crippen LogP contribution in [0.25, 0.3) is 43.1 Å². The maximum atomic E-state index is 6.89. The molecule has 5 aromatic carbocycles. The number of fused-ring (bicyclic) bond motifs is 5. The van der Waals surface area contributed by atoms with Crippen LogP contribution < -0.4 is 0 Å². The lowest BCUT2D eigenvalue weighted by Gasteiger charge is -2.37. The summed E-state index contributed by atoms with van der Waals surface area (Å²) in [6.07, 6.45) is 0.290. The fourth-order valence-electron chi connectivity index (χ4n) is 5.58. The standard InChI is InChI=1S/C27H28OSi3/c1-29-17-26(28-30(2)31(29)3)27-22-11-7-6-10-20(22)16-25-23(27)13-12-21-14-18-8-4-5-9-19(18)15-24(21)25/h4-16,26,29-31H,17H2,1-3H3. The third-order valence-corrected chi connectivity index (χ3v) is 34.8. The first-order valence-electron chi connectivity index (χ1n) is 11.5. The van der Waals surface area contributed by atoms with Gasteiger partial charge >= 0.3 is 0 Å². The normalized spacial score (nSPS) is 24.4. The topological polar surface area (TPSA) is 9.23 Å². The third-order valence-electron chi connectivity index (χ3n) is 7.69. The summed E-state index contributed by atoms with van der Waals surface area (Å²) < 4.78 is 6.89. The van der Waals surface area contributed by atoms with E-state index >= 15 is 0 Å². The maximum Gasteiger partial charge on any atom is 0.156 e. The Morgan fingerprint density at radius 1 is 0.645 bits per heavy atom. The molecule has 5 aromatic rings. The molecule has 0 bridgehead atoms. The molecule has 0 spiro atoms. The minimum Gasteiger partial charge on any atom is -0.418 e. The van der Waals surface area contributed by atoms with Gasteiger partial charge in [-0.2, -0.15) is 0 Å². The highest BCUT2D eigenvalue weighted by Crippen LogP contribution is 2.41. The maximum absolute atomic E-state index is 6.89. The van der Waals surface area contributed by atoms with Crippen LogP contribution in [-0.2, 0) is 4.43 Å². The largest absolute Gasteiger partial charge is 0.418 e. The van der Waals surface area contributed by atoms with E-state index in [1.165, 1.54) is 54.7 Å². The fourth-order valence-corrected chi connectivity index (χ4v) is 25.9. The van der Waals surface area contributed by atoms with Gasteiger partial charge in [-0.25, -0.2) is 0 Å². The van der Waals surface area contributed by atoms with Crippen molar-refractivity contribution >= 4 is 67.8 Å². The molecule has 4 atom stereocenters. The monoisotopic (exact) mass is 452 g/mol. The van der Waals surface area contributed by atoms with Crippen LogP contribution in [0.1, 0.15) is 11.7 Å². The van der Waals surface area contributed by atoms with Crippen LogP contribution in [0.15, 0.2) is 78.9 Å². The van der Waals surface area contributed by atoms with E-state index < -0.39 is 24.7 Å². The summed E-state index contributed by atoms with van der Waals surface area (Å²) in [7, 11) is -2.24. The molecule has 31 heavy (non-hydrogen) atoms. The number of rotatable bonds is 1. The van der Waals surface area contributed by atoms with E-state index in [9.17, 15) is 0 Å². The highest BCUT2D eigenvalue weighted by Gasteiger charge is 2.35. The summed E-state index contributed by atoms with van der Waals surface area (Å²) in [5.74, 6) is 0. The first-order valence-corrected chi connectivity index (χ1v) is 21.6. The van der Waals surface area contributed by atoms with Crippen molar-refractivity contribution < 1.29 is 4.43 Å². The lowest BCUT2D eigenvalue weighted by Crippen LogP contribution is -2.50. The summed E-state index contributed by atoms with van der Waals surface area (Å²) in [5, 5.41) is 10.8. The Labute approximate surface area is 188 Å². The lowest BCUT2D eigenvalue weighted by atomic mass is 9.90. The lowest BCUT2D eigenvalue weighted by molar-refractivity contribution is 0.236. The minimum atomic E-state index is -1.02. The molecule has 0 saturated carbocycles. The molecule has 0 aliphatic carbocycles. The second-order valence-corrected chi connectivity index (χ2v) is 30.2. The average molecular weight is 453 g/mol. The summed E-state index contributed by atoms with van der Waals surface area (Å²) in [6.45, 7) is 7.68. The van der Waals surface area contributed by atoms with Gasteiger partial charge in [0.15, 0.2) is 8.56 Å². The zero-order valence-electron chi connectivity index (χ0n) is 18.4. The first kappa shape index (κ1) is 19.4. The SMILES string of the molecule is C[SiH]1CC(c2c3ccccc3cc3c2ccc2cc4ccccc4cc23)O[SiH](C)[SiH]1C. The highest BCUT2D eigenvalue weighted by molar-refractivity contribution is 7.48. The Morgan fingerprint density at radius 2 is 1.29 bits per heavy atom. The second-order valence-electron chi connectivity index (χ2n) is 9.49. The molecule has 6 rings (SSSR count). The van der Waals surface area contributed by atoms with Crippen molar-refractivity contribution in [3.63, 3.8) is 0 Å². The molecule has 1 aliphatic heterocycles. The molecular formula is C27H28OSi3. The zero-order valence-corrected chi connectivity index (χ0v) is 21.9. The van der Waals surface area contributed by atoms with Crippen molar-refractivity contribution in [3.05, 3.63) is 84.4 Å². The van der Waals surface area contributed by atoms with E-state index in [0.29, 0.717) is 6.10 Å². The minimum absolute atomic E-state index is 0.290. The van der Waals surface area contributed by atoms with Crippen molar-refractivity contribution in [2.45, 2.75) is 31.8 Å². The summed E-state index contributed by atoms with van der Waals surface area (Å²) in [6, 6.07) is 30.8. The van der Waals surface area contributed by atoms with E-state index in [0.717, 1.165) is 0 Å². The molecule has 0 radical (unpaired) electrons. The van der Waals surface area contributed by atoms with Crippen molar-refractivity contribution in [1.29, 1.82) is 0 Å². The molecule has 1 heterocycles. The molecule has 4 unspecified atom stereocenters. The van der Waals surface area contributed by atoms with Gasteiger partial charge in [0.05, 0.1) is 6.10 Å². The molecule has 0 N–H and O–H groups in total. The van der Waals surface area contributed by atoms with Gasteiger partial charge in [-0.1, -0.05) is 80.3 Å². The van der Waals surface area contributed by atoms with E-state index in [2.05, 4.69) is 98.5 Å². The zero-order chi connectivity index (χ0) is 21.1. The molecule has 1 saturated heterocycles. The highest BCUT2D eigenvalue weighted by atomic mass is 29.6. The van der Waals surface area contributed by atoms with Gasteiger partial charge in [0, 0.05) is 16.1 Å². The van der Waals surface area contributed by atoms with Crippen molar-refractivity contribution in [2.75, 3.05) is 0 Å². The number of hydrogen-bond acceptors (Lipinski definition) is 1. The Balaban J connectivity index is 1.69. The molecule has 0 amide bonds. The van der Waals surface area contributed by atoms with Crippen LogP contribution in [-0.4, -0.2) is 24.7 Å². The smallest absolute Gasteiger partial charge is 0.156 e. The van der Waals surface area contributed by atoms with Crippen LogP contribution >= 0.6 is 0 Å². The van der Waals surface area contributed by atoms with E-state index in [-0.39, 0.29) is 0 Å². The van der Waals surface area contributed by atoms with Crippen LogP contribution in [0.5, 0.6) is 0 Å². The molecule has 154 valence electrons. The molecule has 1 fully saturated rings. The Bertz CT molecular complexity index is 1450. The Morgan fingerprint density at radius 3 is 2.06 bits per heavy atom. The summed E-state index contributed by atoms with van der Waals surface area (Å²) in [4.78, 5) is 0. The molecule has 1 aliphatic rings. The summed E-state index contributed by atoms with van der Waals surface area (Å²) in [5.41, 5.74) is 1.46. The van der Waals surface area contributed by atoms with Gasteiger partial charge < -0.3 is 4.43 Å². The van der Waals surface area contributed by atoms with Crippen molar-refractivity contribution in [1.82, 2.24) is 0 Å². The Kier molecular flexibility index (Phi) is 4.65. The predicted molar refractivity (Wildman–Crippen MR) is 144 cm³/mol.